The van der Waals surface area contributed by atoms with Crippen LogP contribution in [0.1, 0.15) is 36.5 Å². The summed E-state index contributed by atoms with van der Waals surface area (Å²) in [6, 6.07) is 4.40. The fraction of sp³-hybridized carbons (Fsp3) is 0.462. The molecule has 0 spiro atoms. The van der Waals surface area contributed by atoms with Crippen LogP contribution in [0.2, 0.25) is 5.02 Å². The molecule has 0 aromatic heterocycles. The van der Waals surface area contributed by atoms with E-state index < -0.39 is 0 Å². The molecule has 1 aromatic rings. The Morgan fingerprint density at radius 2 is 2.12 bits per heavy atom. The molecular weight excluding hydrogens is 238 g/mol. The van der Waals surface area contributed by atoms with Crippen molar-refractivity contribution in [2.45, 2.75) is 26.2 Å². The van der Waals surface area contributed by atoms with Crippen molar-refractivity contribution in [3.05, 3.63) is 28.8 Å². The smallest absolute Gasteiger partial charge is 0.255 e. The monoisotopic (exact) mass is 255 g/mol. The minimum absolute atomic E-state index is 0.0553. The van der Waals surface area contributed by atoms with E-state index in [9.17, 15) is 9.90 Å². The molecule has 0 saturated heterocycles. The lowest BCUT2D eigenvalue weighted by atomic mass is 10.1. The van der Waals surface area contributed by atoms with Gasteiger partial charge in [0.25, 0.3) is 5.91 Å². The number of hydrogen-bond donors (Lipinski definition) is 1. The van der Waals surface area contributed by atoms with Crippen LogP contribution < -0.4 is 0 Å². The SMILES string of the molecule is CCCCCN(C)C(=O)c1cc(O)ccc1Cl. The summed E-state index contributed by atoms with van der Waals surface area (Å²) >= 11 is 5.94. The summed E-state index contributed by atoms with van der Waals surface area (Å²) in [5.74, 6) is -0.0956. The van der Waals surface area contributed by atoms with Crippen LogP contribution in [-0.4, -0.2) is 29.5 Å². The second kappa shape index (κ2) is 6.50. The molecule has 0 aliphatic rings. The molecule has 0 bridgehead atoms. The Hall–Kier alpha value is -1.22. The molecule has 0 heterocycles. The Morgan fingerprint density at radius 3 is 2.76 bits per heavy atom. The fourth-order valence-electron chi connectivity index (χ4n) is 1.58. The lowest BCUT2D eigenvalue weighted by Crippen LogP contribution is -2.27. The first kappa shape index (κ1) is 13.8. The van der Waals surface area contributed by atoms with Crippen LogP contribution in [0.4, 0.5) is 0 Å². The number of rotatable bonds is 5. The molecule has 1 N–H and O–H groups in total. The van der Waals surface area contributed by atoms with Crippen LogP contribution in [0.5, 0.6) is 5.75 Å². The highest BCUT2D eigenvalue weighted by molar-refractivity contribution is 6.33. The number of hydrogen-bond acceptors (Lipinski definition) is 2. The van der Waals surface area contributed by atoms with Gasteiger partial charge in [0.2, 0.25) is 0 Å². The quantitative estimate of drug-likeness (QED) is 0.820. The molecule has 94 valence electrons. The molecule has 17 heavy (non-hydrogen) atoms. The third kappa shape index (κ3) is 3.93. The Labute approximate surface area is 107 Å². The van der Waals surface area contributed by atoms with Gasteiger partial charge in [0, 0.05) is 13.6 Å². The largest absolute Gasteiger partial charge is 0.508 e. The van der Waals surface area contributed by atoms with E-state index in [1.807, 2.05) is 0 Å². The molecule has 4 heteroatoms. The summed E-state index contributed by atoms with van der Waals surface area (Å²) in [4.78, 5) is 13.7. The molecule has 0 fully saturated rings. The standard InChI is InChI=1S/C13H18ClNO2/c1-3-4-5-8-15(2)13(17)11-9-10(16)6-7-12(11)14/h6-7,9,16H,3-5,8H2,1-2H3. The van der Waals surface area contributed by atoms with E-state index in [4.69, 9.17) is 11.6 Å². The number of halogens is 1. The number of carbonyl (C=O) groups excluding carboxylic acids is 1. The van der Waals surface area contributed by atoms with E-state index in [0.717, 1.165) is 19.3 Å². The predicted molar refractivity (Wildman–Crippen MR) is 69.6 cm³/mol. The van der Waals surface area contributed by atoms with Gasteiger partial charge in [-0.05, 0) is 24.6 Å². The van der Waals surface area contributed by atoms with Gasteiger partial charge < -0.3 is 10.0 Å². The first-order valence-electron chi connectivity index (χ1n) is 5.80. The number of amides is 1. The second-order valence-electron chi connectivity index (χ2n) is 4.10. The summed E-state index contributed by atoms with van der Waals surface area (Å²) in [6.45, 7) is 2.83. The first-order chi connectivity index (χ1) is 8.06. The number of nitrogens with zero attached hydrogens (tertiary/aromatic N) is 1. The van der Waals surface area contributed by atoms with Gasteiger partial charge in [0.15, 0.2) is 0 Å². The third-order valence-corrected chi connectivity index (χ3v) is 2.95. The normalized spacial score (nSPS) is 10.3. The van der Waals surface area contributed by atoms with Crippen molar-refractivity contribution < 1.29 is 9.90 Å². The van der Waals surface area contributed by atoms with E-state index in [1.54, 1.807) is 11.9 Å². The van der Waals surface area contributed by atoms with Gasteiger partial charge in [0.05, 0.1) is 10.6 Å². The molecule has 1 aromatic carbocycles. The number of phenols is 1. The Kier molecular flexibility index (Phi) is 5.29. The minimum atomic E-state index is -0.151. The molecule has 0 atom stereocenters. The van der Waals surface area contributed by atoms with Crippen LogP contribution in [0, 0.1) is 0 Å². The average Bonchev–Trinajstić information content (AvgIpc) is 2.31. The molecule has 1 amide bonds. The molecular formula is C13H18ClNO2. The van der Waals surface area contributed by atoms with Crippen molar-refractivity contribution >= 4 is 17.5 Å². The summed E-state index contributed by atoms with van der Waals surface area (Å²) in [7, 11) is 1.75. The van der Waals surface area contributed by atoms with Crippen molar-refractivity contribution in [2.75, 3.05) is 13.6 Å². The zero-order valence-corrected chi connectivity index (χ0v) is 11.0. The van der Waals surface area contributed by atoms with Crippen LogP contribution >= 0.6 is 11.6 Å². The maximum atomic E-state index is 12.0. The van der Waals surface area contributed by atoms with Gasteiger partial charge in [-0.1, -0.05) is 31.4 Å². The molecule has 3 nitrogen and oxygen atoms in total. The van der Waals surface area contributed by atoms with Crippen molar-refractivity contribution in [1.29, 1.82) is 0 Å². The number of phenolic OH excluding ortho intramolecular Hbond substituents is 1. The van der Waals surface area contributed by atoms with Gasteiger partial charge >= 0.3 is 0 Å². The van der Waals surface area contributed by atoms with E-state index in [1.165, 1.54) is 18.2 Å². The molecule has 0 aliphatic carbocycles. The Bertz CT molecular complexity index is 393. The van der Waals surface area contributed by atoms with E-state index in [0.29, 0.717) is 17.1 Å². The van der Waals surface area contributed by atoms with E-state index >= 15 is 0 Å². The highest BCUT2D eigenvalue weighted by Gasteiger charge is 2.15. The Balaban J connectivity index is 2.71. The van der Waals surface area contributed by atoms with Gasteiger partial charge in [0.1, 0.15) is 5.75 Å². The summed E-state index contributed by atoms with van der Waals surface area (Å²) in [5.41, 5.74) is 0.352. The number of carbonyl (C=O) groups is 1. The lowest BCUT2D eigenvalue weighted by molar-refractivity contribution is 0.0792. The van der Waals surface area contributed by atoms with Crippen LogP contribution in [-0.2, 0) is 0 Å². The van der Waals surface area contributed by atoms with Crippen LogP contribution in [0.3, 0.4) is 0 Å². The first-order valence-corrected chi connectivity index (χ1v) is 6.18. The lowest BCUT2D eigenvalue weighted by Gasteiger charge is -2.17. The van der Waals surface area contributed by atoms with Crippen molar-refractivity contribution in [2.24, 2.45) is 0 Å². The van der Waals surface area contributed by atoms with Gasteiger partial charge in [-0.3, -0.25) is 4.79 Å². The number of benzene rings is 1. The summed E-state index contributed by atoms with van der Waals surface area (Å²) in [5, 5.41) is 9.72. The van der Waals surface area contributed by atoms with Gasteiger partial charge in [-0.15, -0.1) is 0 Å². The highest BCUT2D eigenvalue weighted by atomic mass is 35.5. The predicted octanol–water partition coefficient (Wildman–Crippen LogP) is 3.31. The second-order valence-corrected chi connectivity index (χ2v) is 4.51. The van der Waals surface area contributed by atoms with Crippen molar-refractivity contribution in [3.63, 3.8) is 0 Å². The van der Waals surface area contributed by atoms with Crippen LogP contribution in [0.15, 0.2) is 18.2 Å². The van der Waals surface area contributed by atoms with Gasteiger partial charge in [-0.2, -0.15) is 0 Å². The molecule has 0 unspecified atom stereocenters. The number of unbranched alkanes of at least 4 members (excludes halogenated alkanes) is 2. The molecule has 0 saturated carbocycles. The summed E-state index contributed by atoms with van der Waals surface area (Å²) in [6.07, 6.45) is 3.20. The molecule has 1 rings (SSSR count). The zero-order valence-electron chi connectivity index (χ0n) is 10.2. The summed E-state index contributed by atoms with van der Waals surface area (Å²) < 4.78 is 0. The van der Waals surface area contributed by atoms with Crippen LogP contribution in [0.25, 0.3) is 0 Å². The van der Waals surface area contributed by atoms with Crippen molar-refractivity contribution in [3.8, 4) is 5.75 Å². The van der Waals surface area contributed by atoms with E-state index in [-0.39, 0.29) is 11.7 Å². The maximum Gasteiger partial charge on any atom is 0.255 e. The Morgan fingerprint density at radius 1 is 1.41 bits per heavy atom. The third-order valence-electron chi connectivity index (χ3n) is 2.62. The van der Waals surface area contributed by atoms with Gasteiger partial charge in [-0.25, -0.2) is 0 Å². The van der Waals surface area contributed by atoms with Crippen molar-refractivity contribution in [1.82, 2.24) is 4.90 Å². The molecule has 0 aliphatic heterocycles. The van der Waals surface area contributed by atoms with E-state index in [2.05, 4.69) is 6.92 Å². The average molecular weight is 256 g/mol. The fourth-order valence-corrected chi connectivity index (χ4v) is 1.78. The zero-order chi connectivity index (χ0) is 12.8. The number of aromatic hydroxyl groups is 1. The minimum Gasteiger partial charge on any atom is -0.508 e. The topological polar surface area (TPSA) is 40.5 Å². The molecule has 0 radical (unpaired) electrons. The maximum absolute atomic E-state index is 12.0. The highest BCUT2D eigenvalue weighted by Crippen LogP contribution is 2.22.